The van der Waals surface area contributed by atoms with Crippen LogP contribution in [-0.2, 0) is 11.8 Å². The van der Waals surface area contributed by atoms with E-state index in [1.807, 2.05) is 49.1 Å². The number of rotatable bonds is 2. The zero-order valence-corrected chi connectivity index (χ0v) is 20.2. The number of benzene rings is 2. The fourth-order valence-electron chi connectivity index (χ4n) is 2.05. The summed E-state index contributed by atoms with van der Waals surface area (Å²) in [4.78, 5) is 1.97. The van der Waals surface area contributed by atoms with Gasteiger partial charge in [-0.2, -0.15) is 21.0 Å². The van der Waals surface area contributed by atoms with Crippen molar-refractivity contribution >= 4 is 22.6 Å². The molecule has 0 aliphatic carbocycles. The molecule has 6 heteroatoms. The Morgan fingerprint density at radius 2 is 1.33 bits per heavy atom. The van der Waals surface area contributed by atoms with Crippen molar-refractivity contribution in [2.24, 2.45) is 0 Å². The number of hydrogen-bond donors (Lipinski definition) is 0. The average molecular weight is 478 g/mol. The maximum Gasteiger partial charge on any atom is 1.00 e. The SMILES string of the molecule is CC(C)(C#N)c1ccccc1C#N.CI.N#CCc1ccccc1C#N.[H-].[Na+]. The number of hydrogen-bond acceptors (Lipinski definition) is 4. The zero-order valence-electron chi connectivity index (χ0n) is 17.0. The summed E-state index contributed by atoms with van der Waals surface area (Å²) >= 11 is 2.15. The first-order valence-electron chi connectivity index (χ1n) is 7.63. The summed E-state index contributed by atoms with van der Waals surface area (Å²) in [5.74, 6) is 0. The van der Waals surface area contributed by atoms with Crippen LogP contribution in [0.1, 0.15) is 37.5 Å². The number of nitrogens with zero attached hydrogens (tertiary/aromatic N) is 4. The van der Waals surface area contributed by atoms with E-state index < -0.39 is 5.41 Å². The van der Waals surface area contributed by atoms with Gasteiger partial charge < -0.3 is 1.43 Å². The Bertz CT molecular complexity index is 887. The van der Waals surface area contributed by atoms with Gasteiger partial charge in [-0.3, -0.25) is 0 Å². The monoisotopic (exact) mass is 478 g/mol. The van der Waals surface area contributed by atoms with Crippen LogP contribution in [0.5, 0.6) is 0 Å². The summed E-state index contributed by atoms with van der Waals surface area (Å²) in [6.07, 6.45) is 0.309. The molecule has 2 aromatic rings. The van der Waals surface area contributed by atoms with Crippen molar-refractivity contribution in [1.82, 2.24) is 0 Å². The summed E-state index contributed by atoms with van der Waals surface area (Å²) in [6, 6.07) is 22.6. The van der Waals surface area contributed by atoms with E-state index in [1.165, 1.54) is 0 Å². The van der Waals surface area contributed by atoms with Crippen molar-refractivity contribution in [3.05, 3.63) is 70.8 Å². The van der Waals surface area contributed by atoms with Gasteiger partial charge in [0.15, 0.2) is 0 Å². The summed E-state index contributed by atoms with van der Waals surface area (Å²) < 4.78 is 0. The zero-order chi connectivity index (χ0) is 20.0. The molecule has 0 aliphatic rings. The molecule has 0 spiro atoms. The Morgan fingerprint density at radius 1 is 0.852 bits per heavy atom. The van der Waals surface area contributed by atoms with Gasteiger partial charge in [0.05, 0.1) is 47.2 Å². The Hall–Kier alpha value is -1.87. The van der Waals surface area contributed by atoms with Gasteiger partial charge in [-0.1, -0.05) is 59.0 Å². The number of halogens is 1. The molecule has 2 aromatic carbocycles. The predicted molar refractivity (Wildman–Crippen MR) is 111 cm³/mol. The Morgan fingerprint density at radius 3 is 1.81 bits per heavy atom. The number of nitriles is 4. The average Bonchev–Trinajstić information content (AvgIpc) is 2.70. The second-order valence-electron chi connectivity index (χ2n) is 5.50. The van der Waals surface area contributed by atoms with Crippen LogP contribution in [0.2, 0.25) is 0 Å². The van der Waals surface area contributed by atoms with Crippen LogP contribution < -0.4 is 29.6 Å². The van der Waals surface area contributed by atoms with Crippen molar-refractivity contribution in [3.63, 3.8) is 0 Å². The van der Waals surface area contributed by atoms with Gasteiger partial charge >= 0.3 is 29.6 Å². The summed E-state index contributed by atoms with van der Waals surface area (Å²) in [5, 5.41) is 34.7. The number of alkyl halides is 1. The molecule has 0 saturated heterocycles. The molecule has 4 nitrogen and oxygen atoms in total. The minimum absolute atomic E-state index is 0. The maximum atomic E-state index is 8.91. The van der Waals surface area contributed by atoms with Crippen LogP contribution in [0.15, 0.2) is 48.5 Å². The second-order valence-corrected chi connectivity index (χ2v) is 5.50. The molecular formula is C21H20IN4Na. The molecule has 0 bridgehead atoms. The van der Waals surface area contributed by atoms with Crippen LogP contribution in [0.25, 0.3) is 0 Å². The molecule has 0 saturated carbocycles. The molecule has 0 amide bonds. The molecule has 2 rings (SSSR count). The summed E-state index contributed by atoms with van der Waals surface area (Å²) in [6.45, 7) is 3.62. The van der Waals surface area contributed by atoms with E-state index in [9.17, 15) is 0 Å². The second kappa shape index (κ2) is 15.2. The standard InChI is InChI=1S/C11H10N2.C9H6N2.CH3I.Na.H/c1-11(2,8-13)10-6-4-3-5-9(10)7-12;10-6-5-8-3-1-2-4-9(8)7-11;1-2;;/h3-6H,1-2H3;1-4H,5H2;1H3;;/q;;;+1;-1. The summed E-state index contributed by atoms with van der Waals surface area (Å²) in [5.41, 5.74) is 2.17. The minimum Gasteiger partial charge on any atom is -1.00 e. The molecule has 0 atom stereocenters. The van der Waals surface area contributed by atoms with Crippen LogP contribution in [0, 0.1) is 45.3 Å². The van der Waals surface area contributed by atoms with Gasteiger partial charge in [0.1, 0.15) is 0 Å². The molecule has 0 N–H and O–H groups in total. The Kier molecular flexibility index (Phi) is 15.4. The van der Waals surface area contributed by atoms with Gasteiger partial charge in [0, 0.05) is 0 Å². The normalized spacial score (nSPS) is 8.44. The van der Waals surface area contributed by atoms with Crippen LogP contribution in [-0.4, -0.2) is 4.93 Å². The molecule has 0 aliphatic heterocycles. The molecule has 0 radical (unpaired) electrons. The van der Waals surface area contributed by atoms with Crippen LogP contribution >= 0.6 is 22.6 Å². The third kappa shape index (κ3) is 9.05. The van der Waals surface area contributed by atoms with Gasteiger partial charge in [-0.15, -0.1) is 0 Å². The molecule has 27 heavy (non-hydrogen) atoms. The van der Waals surface area contributed by atoms with Gasteiger partial charge in [0.2, 0.25) is 0 Å². The van der Waals surface area contributed by atoms with E-state index in [2.05, 4.69) is 34.7 Å². The molecule has 0 fully saturated rings. The van der Waals surface area contributed by atoms with Gasteiger partial charge in [-0.25, -0.2) is 0 Å². The van der Waals surface area contributed by atoms with E-state index in [4.69, 9.17) is 21.0 Å². The van der Waals surface area contributed by atoms with Crippen molar-refractivity contribution in [2.75, 3.05) is 4.93 Å². The Balaban J connectivity index is -0.000000388. The third-order valence-corrected chi connectivity index (χ3v) is 3.41. The van der Waals surface area contributed by atoms with Crippen LogP contribution in [0.3, 0.4) is 0 Å². The quantitative estimate of drug-likeness (QED) is 0.376. The van der Waals surface area contributed by atoms with E-state index in [0.717, 1.165) is 11.1 Å². The van der Waals surface area contributed by atoms with E-state index in [1.54, 1.807) is 30.3 Å². The first-order valence-corrected chi connectivity index (χ1v) is 9.79. The van der Waals surface area contributed by atoms with E-state index in [-0.39, 0.29) is 31.0 Å². The smallest absolute Gasteiger partial charge is 1.00 e. The van der Waals surface area contributed by atoms with E-state index in [0.29, 0.717) is 17.5 Å². The minimum atomic E-state index is -0.591. The fourth-order valence-corrected chi connectivity index (χ4v) is 2.05. The predicted octanol–water partition coefficient (Wildman–Crippen LogP) is 2.15. The summed E-state index contributed by atoms with van der Waals surface area (Å²) in [7, 11) is 0. The molecule has 0 aromatic heterocycles. The molecule has 0 unspecified atom stereocenters. The fraction of sp³-hybridized carbons (Fsp3) is 0.238. The van der Waals surface area contributed by atoms with Crippen molar-refractivity contribution in [1.29, 1.82) is 21.0 Å². The van der Waals surface area contributed by atoms with E-state index >= 15 is 0 Å². The van der Waals surface area contributed by atoms with Crippen LogP contribution in [0.4, 0.5) is 0 Å². The topological polar surface area (TPSA) is 95.2 Å². The molecule has 0 heterocycles. The van der Waals surface area contributed by atoms with Gasteiger partial charge in [0.25, 0.3) is 0 Å². The first-order chi connectivity index (χ1) is 12.5. The largest absolute Gasteiger partial charge is 1.00 e. The third-order valence-electron chi connectivity index (χ3n) is 3.41. The molecular weight excluding hydrogens is 458 g/mol. The maximum absolute atomic E-state index is 8.91. The first kappa shape index (κ1) is 27.3. The Labute approximate surface area is 199 Å². The van der Waals surface area contributed by atoms with Gasteiger partial charge in [-0.05, 0) is 42.0 Å². The van der Waals surface area contributed by atoms with Crippen molar-refractivity contribution < 1.29 is 31.0 Å². The molecule has 132 valence electrons. The van der Waals surface area contributed by atoms with Crippen molar-refractivity contribution in [2.45, 2.75) is 25.7 Å². The van der Waals surface area contributed by atoms with Crippen molar-refractivity contribution in [3.8, 4) is 24.3 Å².